The van der Waals surface area contributed by atoms with Crippen molar-refractivity contribution < 1.29 is 4.79 Å². The third-order valence-electron chi connectivity index (χ3n) is 2.90. The average molecular weight is 271 g/mol. The first-order chi connectivity index (χ1) is 7.60. The van der Waals surface area contributed by atoms with Crippen LogP contribution < -0.4 is 0 Å². The predicted octanol–water partition coefficient (Wildman–Crippen LogP) is 3.46. The molecule has 0 radical (unpaired) electrons. The van der Waals surface area contributed by atoms with Crippen molar-refractivity contribution in [2.45, 2.75) is 65.0 Å². The molecule has 0 aromatic heterocycles. The van der Waals surface area contributed by atoms with E-state index in [4.69, 9.17) is 5.10 Å². The second kappa shape index (κ2) is 5.06. The summed E-state index contributed by atoms with van der Waals surface area (Å²) in [6.07, 6.45) is 3.16. The van der Waals surface area contributed by atoms with Crippen molar-refractivity contribution in [3.8, 4) is 0 Å². The highest BCUT2D eigenvalue weighted by Gasteiger charge is 2.34. The van der Waals surface area contributed by atoms with Gasteiger partial charge in [0.05, 0.1) is 0 Å². The zero-order valence-electron chi connectivity index (χ0n) is 12.1. The highest BCUT2D eigenvalue weighted by molar-refractivity contribution is 6.89. The molecule has 1 rings (SSSR count). The molecule has 0 unspecified atom stereocenters. The molecule has 1 fully saturated rings. The van der Waals surface area contributed by atoms with Crippen LogP contribution in [0.25, 0.3) is 0 Å². The Kier molecular flexibility index (Phi) is 4.35. The number of carbonyl (C=O) groups excluding carboxylic acids is 1. The Balaban J connectivity index is 2.87. The van der Waals surface area contributed by atoms with Crippen molar-refractivity contribution in [2.24, 2.45) is 5.10 Å². The number of hydrogen-bond acceptors (Lipinski definition) is 3. The molecule has 1 aliphatic rings. The number of rotatable bonds is 3. The summed E-state index contributed by atoms with van der Waals surface area (Å²) in [5.41, 5.74) is 1.24. The van der Waals surface area contributed by atoms with Crippen molar-refractivity contribution in [1.82, 2.24) is 4.34 Å². The van der Waals surface area contributed by atoms with Gasteiger partial charge in [-0.1, -0.05) is 39.3 Å². The molecule has 1 aliphatic carbocycles. The van der Waals surface area contributed by atoms with Crippen LogP contribution in [0.4, 0.5) is 0 Å². The van der Waals surface area contributed by atoms with E-state index in [-0.39, 0.29) is 0 Å². The molecule has 98 valence electrons. The lowest BCUT2D eigenvalue weighted by molar-refractivity contribution is -0.119. The van der Waals surface area contributed by atoms with Crippen LogP contribution in [0.2, 0.25) is 39.3 Å². The van der Waals surface area contributed by atoms with Crippen LogP contribution >= 0.6 is 0 Å². The van der Waals surface area contributed by atoms with Crippen LogP contribution in [0, 0.1) is 0 Å². The van der Waals surface area contributed by atoms with Gasteiger partial charge in [0.2, 0.25) is 0 Å². The number of hydrogen-bond donors (Lipinski definition) is 0. The largest absolute Gasteiger partial charge is 0.350 e. The molecule has 0 atom stereocenters. The van der Waals surface area contributed by atoms with Crippen LogP contribution in [0.15, 0.2) is 5.10 Å². The van der Waals surface area contributed by atoms with E-state index in [1.165, 1.54) is 5.71 Å². The van der Waals surface area contributed by atoms with Crippen molar-refractivity contribution in [3.63, 3.8) is 0 Å². The van der Waals surface area contributed by atoms with Crippen LogP contribution in [0.1, 0.15) is 25.7 Å². The molecule has 0 saturated heterocycles. The smallest absolute Gasteiger partial charge is 0.158 e. The minimum Gasteiger partial charge on any atom is -0.350 e. The van der Waals surface area contributed by atoms with Gasteiger partial charge in [0.15, 0.2) is 16.5 Å². The number of nitrogens with zero attached hydrogens (tertiary/aromatic N) is 2. The summed E-state index contributed by atoms with van der Waals surface area (Å²) in [5, 5.41) is 4.93. The first kappa shape index (κ1) is 14.6. The third kappa shape index (κ3) is 4.39. The van der Waals surface area contributed by atoms with Gasteiger partial charge in [-0.05, 0) is 12.8 Å². The van der Waals surface area contributed by atoms with Crippen molar-refractivity contribution >= 4 is 28.0 Å². The summed E-state index contributed by atoms with van der Waals surface area (Å²) in [4.78, 5) is 11.2. The molecule has 0 heterocycles. The van der Waals surface area contributed by atoms with Gasteiger partial charge in [-0.15, -0.1) is 0 Å². The maximum absolute atomic E-state index is 11.2. The van der Waals surface area contributed by atoms with E-state index in [9.17, 15) is 4.79 Å². The summed E-state index contributed by atoms with van der Waals surface area (Å²) < 4.78 is 2.45. The Morgan fingerprint density at radius 2 is 1.29 bits per heavy atom. The first-order valence-corrected chi connectivity index (χ1v) is 13.4. The third-order valence-corrected chi connectivity index (χ3v) is 9.66. The molecule has 3 nitrogen and oxygen atoms in total. The molecule has 0 aromatic carbocycles. The monoisotopic (exact) mass is 270 g/mol. The fourth-order valence-electron chi connectivity index (χ4n) is 2.37. The van der Waals surface area contributed by atoms with Gasteiger partial charge >= 0.3 is 0 Å². The van der Waals surface area contributed by atoms with Gasteiger partial charge in [-0.3, -0.25) is 4.79 Å². The average Bonchev–Trinajstić information content (AvgIpc) is 2.13. The number of carbonyl (C=O) groups is 1. The molecule has 0 aliphatic heterocycles. The van der Waals surface area contributed by atoms with Crippen LogP contribution in [0.3, 0.4) is 0 Å². The summed E-state index contributed by atoms with van der Waals surface area (Å²) in [6, 6.07) is 0. The Morgan fingerprint density at radius 3 is 1.65 bits per heavy atom. The van der Waals surface area contributed by atoms with E-state index in [1.54, 1.807) is 0 Å². The van der Waals surface area contributed by atoms with Gasteiger partial charge in [-0.2, -0.15) is 0 Å². The van der Waals surface area contributed by atoms with E-state index in [1.807, 2.05) is 0 Å². The Labute approximate surface area is 107 Å². The van der Waals surface area contributed by atoms with Gasteiger partial charge in [0, 0.05) is 18.6 Å². The quantitative estimate of drug-likeness (QED) is 0.581. The lowest BCUT2D eigenvalue weighted by atomic mass is 9.98. The molecule has 0 amide bonds. The van der Waals surface area contributed by atoms with Gasteiger partial charge < -0.3 is 4.34 Å². The number of hydrazone groups is 1. The summed E-state index contributed by atoms with van der Waals surface area (Å²) in [5.74, 6) is 0.400. The van der Waals surface area contributed by atoms with Gasteiger partial charge in [0.1, 0.15) is 5.78 Å². The second-order valence-electron chi connectivity index (χ2n) is 6.86. The number of ketones is 1. The lowest BCUT2D eigenvalue weighted by Gasteiger charge is -2.42. The molecule has 0 spiro atoms. The van der Waals surface area contributed by atoms with Crippen LogP contribution in [0.5, 0.6) is 0 Å². The molecular formula is C12H26N2OSi2. The lowest BCUT2D eigenvalue weighted by Crippen LogP contribution is -2.56. The summed E-state index contributed by atoms with van der Waals surface area (Å²) in [6.45, 7) is 14.1. The fourth-order valence-corrected chi connectivity index (χ4v) is 11.3. The highest BCUT2D eigenvalue weighted by Crippen LogP contribution is 2.22. The zero-order valence-corrected chi connectivity index (χ0v) is 14.1. The van der Waals surface area contributed by atoms with E-state index in [2.05, 4.69) is 43.6 Å². The minimum absolute atomic E-state index is 0.400. The highest BCUT2D eigenvalue weighted by atomic mass is 28.4. The van der Waals surface area contributed by atoms with Crippen LogP contribution in [-0.4, -0.2) is 32.3 Å². The fraction of sp³-hybridized carbons (Fsp3) is 0.833. The normalized spacial score (nSPS) is 18.2. The predicted molar refractivity (Wildman–Crippen MR) is 79.4 cm³/mol. The van der Waals surface area contributed by atoms with E-state index in [0.717, 1.165) is 12.8 Å². The zero-order chi connectivity index (χ0) is 13.3. The summed E-state index contributed by atoms with van der Waals surface area (Å²) in [7, 11) is -2.80. The maximum atomic E-state index is 11.2. The standard InChI is InChI=1S/C12H26N2OSi2/c1-16(2,3)14(17(4,5)6)13-11-7-9-12(15)10-8-11/h7-10H2,1-6H3. The molecule has 0 N–H and O–H groups in total. The molecule has 0 bridgehead atoms. The topological polar surface area (TPSA) is 32.7 Å². The van der Waals surface area contributed by atoms with E-state index >= 15 is 0 Å². The molecule has 5 heteroatoms. The van der Waals surface area contributed by atoms with Crippen molar-refractivity contribution in [2.75, 3.05) is 0 Å². The second-order valence-corrected chi connectivity index (χ2v) is 16.8. The molecule has 1 saturated carbocycles. The Morgan fingerprint density at radius 1 is 0.882 bits per heavy atom. The molecular weight excluding hydrogens is 244 g/mol. The van der Waals surface area contributed by atoms with Crippen molar-refractivity contribution in [3.05, 3.63) is 0 Å². The Hall–Kier alpha value is -0.426. The molecule has 17 heavy (non-hydrogen) atoms. The van der Waals surface area contributed by atoms with Gasteiger partial charge in [0.25, 0.3) is 0 Å². The Bertz CT molecular complexity index is 300. The maximum Gasteiger partial charge on any atom is 0.158 e. The van der Waals surface area contributed by atoms with Gasteiger partial charge in [-0.25, -0.2) is 5.10 Å². The molecule has 0 aromatic rings. The van der Waals surface area contributed by atoms with E-state index in [0.29, 0.717) is 18.6 Å². The van der Waals surface area contributed by atoms with Crippen molar-refractivity contribution in [1.29, 1.82) is 0 Å². The first-order valence-electron chi connectivity index (χ1n) is 6.49. The van der Waals surface area contributed by atoms with Crippen LogP contribution in [-0.2, 0) is 4.79 Å². The van der Waals surface area contributed by atoms with E-state index < -0.39 is 16.5 Å². The SMILES string of the molecule is C[Si](C)(C)N(N=C1CCC(=O)CC1)[Si](C)(C)C. The minimum atomic E-state index is -1.40. The summed E-state index contributed by atoms with van der Waals surface area (Å²) >= 11 is 0. The number of Topliss-reactive ketones (excluding diaryl/α,β-unsaturated/α-hetero) is 1.